The maximum Gasteiger partial charge on any atom is 0.268 e. The standard InChI is InChI=1S/C27H26N2O4S/c30-19-20-7-6-16-28(17-20)27(31)22-12-14-23(15-13-22)34(32,33)29-18-25(21-8-2-1-3-9-21)24-10-4-5-11-26(24)29/h1-5,8-15,18,20,30H,6-7,16-17,19H2. The van der Waals surface area contributed by atoms with Gasteiger partial charge in [-0.3, -0.25) is 4.79 Å². The van der Waals surface area contributed by atoms with Crippen molar-refractivity contribution >= 4 is 26.8 Å². The molecular formula is C27H26N2O4S. The molecule has 1 aliphatic heterocycles. The van der Waals surface area contributed by atoms with Crippen LogP contribution in [0.1, 0.15) is 23.2 Å². The van der Waals surface area contributed by atoms with E-state index in [-0.39, 0.29) is 23.3 Å². The number of aliphatic hydroxyl groups is 1. The molecule has 0 aliphatic carbocycles. The van der Waals surface area contributed by atoms with Crippen molar-refractivity contribution in [3.05, 3.63) is 90.6 Å². The number of piperidine rings is 1. The molecule has 6 nitrogen and oxygen atoms in total. The fraction of sp³-hybridized carbons (Fsp3) is 0.222. The monoisotopic (exact) mass is 474 g/mol. The Morgan fingerprint density at radius 2 is 1.65 bits per heavy atom. The first-order valence-corrected chi connectivity index (χ1v) is 12.8. The van der Waals surface area contributed by atoms with Crippen LogP contribution in [0.15, 0.2) is 90.0 Å². The predicted octanol–water partition coefficient (Wildman–Crippen LogP) is 4.39. The van der Waals surface area contributed by atoms with Crippen LogP contribution in [-0.2, 0) is 10.0 Å². The maximum absolute atomic E-state index is 13.6. The molecule has 7 heteroatoms. The van der Waals surface area contributed by atoms with Crippen LogP contribution in [-0.4, -0.2) is 48.0 Å². The van der Waals surface area contributed by atoms with Crippen LogP contribution in [0.5, 0.6) is 0 Å². The number of para-hydroxylation sites is 1. The number of nitrogens with zero attached hydrogens (tertiary/aromatic N) is 2. The van der Waals surface area contributed by atoms with Crippen molar-refractivity contribution in [3.63, 3.8) is 0 Å². The number of hydrogen-bond donors (Lipinski definition) is 1. The lowest BCUT2D eigenvalue weighted by molar-refractivity contribution is 0.0620. The van der Waals surface area contributed by atoms with E-state index in [9.17, 15) is 18.3 Å². The smallest absolute Gasteiger partial charge is 0.268 e. The molecule has 2 heterocycles. The van der Waals surface area contributed by atoms with Crippen LogP contribution in [0.4, 0.5) is 0 Å². The summed E-state index contributed by atoms with van der Waals surface area (Å²) in [5, 5.41) is 10.3. The van der Waals surface area contributed by atoms with Crippen LogP contribution in [0.25, 0.3) is 22.0 Å². The van der Waals surface area contributed by atoms with Crippen molar-refractivity contribution in [1.82, 2.24) is 8.87 Å². The number of fused-ring (bicyclic) bond motifs is 1. The van der Waals surface area contributed by atoms with Gasteiger partial charge in [0.15, 0.2) is 0 Å². The van der Waals surface area contributed by atoms with E-state index in [1.54, 1.807) is 29.3 Å². The summed E-state index contributed by atoms with van der Waals surface area (Å²) in [6.07, 6.45) is 3.43. The summed E-state index contributed by atoms with van der Waals surface area (Å²) in [7, 11) is -3.87. The van der Waals surface area contributed by atoms with E-state index in [4.69, 9.17) is 0 Å². The highest BCUT2D eigenvalue weighted by Gasteiger charge is 2.25. The van der Waals surface area contributed by atoms with Crippen molar-refractivity contribution in [3.8, 4) is 11.1 Å². The van der Waals surface area contributed by atoms with E-state index in [0.29, 0.717) is 24.2 Å². The second-order valence-corrected chi connectivity index (χ2v) is 10.5. The van der Waals surface area contributed by atoms with Gasteiger partial charge in [0.05, 0.1) is 10.4 Å². The number of likely N-dealkylation sites (tertiary alicyclic amines) is 1. The van der Waals surface area contributed by atoms with Crippen LogP contribution >= 0.6 is 0 Å². The molecule has 1 amide bonds. The number of carbonyl (C=O) groups is 1. The van der Waals surface area contributed by atoms with Crippen LogP contribution in [0.2, 0.25) is 0 Å². The summed E-state index contributed by atoms with van der Waals surface area (Å²) in [5.74, 6) is -0.0435. The highest BCUT2D eigenvalue weighted by atomic mass is 32.2. The molecular weight excluding hydrogens is 448 g/mol. The third kappa shape index (κ3) is 4.02. The highest BCUT2D eigenvalue weighted by Crippen LogP contribution is 2.33. The number of carbonyl (C=O) groups excluding carboxylic acids is 1. The summed E-state index contributed by atoms with van der Waals surface area (Å²) in [4.78, 5) is 14.8. The first kappa shape index (κ1) is 22.4. The molecule has 4 aromatic rings. The van der Waals surface area contributed by atoms with E-state index in [1.807, 2.05) is 48.5 Å². The Labute approximate surface area is 199 Å². The molecule has 1 aliphatic rings. The molecule has 1 N–H and O–H groups in total. The van der Waals surface area contributed by atoms with Gasteiger partial charge in [-0.15, -0.1) is 0 Å². The minimum atomic E-state index is -3.87. The molecule has 3 aromatic carbocycles. The molecule has 1 saturated heterocycles. The van der Waals surface area contributed by atoms with E-state index < -0.39 is 10.0 Å². The van der Waals surface area contributed by atoms with Crippen molar-refractivity contribution < 1.29 is 18.3 Å². The van der Waals surface area contributed by atoms with Crippen molar-refractivity contribution in [2.75, 3.05) is 19.7 Å². The summed E-state index contributed by atoms with van der Waals surface area (Å²) < 4.78 is 28.5. The Balaban J connectivity index is 1.49. The highest BCUT2D eigenvalue weighted by molar-refractivity contribution is 7.90. The normalized spacial score (nSPS) is 16.6. The second kappa shape index (κ2) is 9.08. The number of hydrogen-bond acceptors (Lipinski definition) is 4. The van der Waals surface area contributed by atoms with Crippen molar-refractivity contribution in [2.45, 2.75) is 17.7 Å². The van der Waals surface area contributed by atoms with Gasteiger partial charge in [-0.05, 0) is 54.7 Å². The molecule has 0 spiro atoms. The molecule has 0 bridgehead atoms. The summed E-state index contributed by atoms with van der Waals surface area (Å²) in [6.45, 7) is 1.23. The zero-order valence-electron chi connectivity index (χ0n) is 18.7. The summed E-state index contributed by atoms with van der Waals surface area (Å²) >= 11 is 0. The topological polar surface area (TPSA) is 79.6 Å². The lowest BCUT2D eigenvalue weighted by atomic mass is 9.98. The van der Waals surface area contributed by atoms with Gasteiger partial charge < -0.3 is 10.0 Å². The molecule has 5 rings (SSSR count). The SMILES string of the molecule is O=C(c1ccc(S(=O)(=O)n2cc(-c3ccccc3)c3ccccc32)cc1)N1CCCC(CO)C1. The van der Waals surface area contributed by atoms with Crippen LogP contribution in [0, 0.1) is 5.92 Å². The lowest BCUT2D eigenvalue weighted by Gasteiger charge is -2.31. The Hall–Kier alpha value is -3.42. The third-order valence-electron chi connectivity index (χ3n) is 6.49. The molecule has 1 unspecified atom stereocenters. The average Bonchev–Trinajstić information content (AvgIpc) is 3.29. The zero-order chi connectivity index (χ0) is 23.7. The van der Waals surface area contributed by atoms with E-state index in [2.05, 4.69) is 0 Å². The molecule has 1 atom stereocenters. The number of amides is 1. The van der Waals surface area contributed by atoms with Crippen molar-refractivity contribution in [2.24, 2.45) is 5.92 Å². The zero-order valence-corrected chi connectivity index (χ0v) is 19.5. The average molecular weight is 475 g/mol. The van der Waals surface area contributed by atoms with E-state index >= 15 is 0 Å². The van der Waals surface area contributed by atoms with Crippen LogP contribution in [0.3, 0.4) is 0 Å². The quantitative estimate of drug-likeness (QED) is 0.465. The minimum Gasteiger partial charge on any atom is -0.396 e. The fourth-order valence-corrected chi connectivity index (χ4v) is 6.03. The largest absolute Gasteiger partial charge is 0.396 e. The maximum atomic E-state index is 13.6. The Morgan fingerprint density at radius 3 is 2.38 bits per heavy atom. The molecule has 174 valence electrons. The summed E-state index contributed by atoms with van der Waals surface area (Å²) in [5.41, 5.74) is 2.83. The second-order valence-electron chi connectivity index (χ2n) is 8.69. The van der Waals surface area contributed by atoms with Gasteiger partial charge in [-0.1, -0.05) is 48.5 Å². The van der Waals surface area contributed by atoms with Gasteiger partial charge in [0.25, 0.3) is 15.9 Å². The van der Waals surface area contributed by atoms with E-state index in [1.165, 1.54) is 16.1 Å². The predicted molar refractivity (Wildman–Crippen MR) is 132 cm³/mol. The molecule has 1 aromatic heterocycles. The van der Waals surface area contributed by atoms with E-state index in [0.717, 1.165) is 29.4 Å². The first-order valence-electron chi connectivity index (χ1n) is 11.4. The number of benzene rings is 3. The van der Waals surface area contributed by atoms with Gasteiger partial charge in [-0.2, -0.15) is 0 Å². The van der Waals surface area contributed by atoms with Crippen LogP contribution < -0.4 is 0 Å². The van der Waals surface area contributed by atoms with Gasteiger partial charge in [-0.25, -0.2) is 12.4 Å². The first-order chi connectivity index (χ1) is 16.5. The number of rotatable bonds is 5. The Bertz CT molecular complexity index is 1430. The van der Waals surface area contributed by atoms with Gasteiger partial charge in [0.1, 0.15) is 0 Å². The van der Waals surface area contributed by atoms with Gasteiger partial charge >= 0.3 is 0 Å². The Morgan fingerprint density at radius 1 is 0.941 bits per heavy atom. The lowest BCUT2D eigenvalue weighted by Crippen LogP contribution is -2.40. The number of aromatic nitrogens is 1. The summed E-state index contributed by atoms with van der Waals surface area (Å²) in [6, 6.07) is 23.3. The number of aliphatic hydroxyl groups excluding tert-OH is 1. The molecule has 0 saturated carbocycles. The minimum absolute atomic E-state index is 0.0662. The molecule has 1 fully saturated rings. The third-order valence-corrected chi connectivity index (χ3v) is 8.17. The van der Waals surface area contributed by atoms with Crippen molar-refractivity contribution in [1.29, 1.82) is 0 Å². The molecule has 34 heavy (non-hydrogen) atoms. The Kier molecular flexibility index (Phi) is 5.98. The van der Waals surface area contributed by atoms with Gasteiger partial charge in [0, 0.05) is 42.4 Å². The van der Waals surface area contributed by atoms with Gasteiger partial charge in [0.2, 0.25) is 0 Å². The fourth-order valence-electron chi connectivity index (χ4n) is 4.66. The molecule has 0 radical (unpaired) electrons.